The van der Waals surface area contributed by atoms with Crippen LogP contribution in [0, 0.1) is 0 Å². The van der Waals surface area contributed by atoms with Crippen molar-refractivity contribution in [2.45, 2.75) is 18.6 Å². The molecule has 2 atom stereocenters. The predicted octanol–water partition coefficient (Wildman–Crippen LogP) is 1.17. The van der Waals surface area contributed by atoms with Crippen LogP contribution in [0.3, 0.4) is 0 Å². The van der Waals surface area contributed by atoms with E-state index in [-0.39, 0.29) is 6.04 Å². The number of aromatic amines is 1. The second kappa shape index (κ2) is 5.75. The molecular weight excluding hydrogens is 299 g/mol. The molecule has 3 aromatic rings. The maximum atomic E-state index is 13.9. The summed E-state index contributed by atoms with van der Waals surface area (Å²) in [4.78, 5) is 10.3. The first-order chi connectivity index (χ1) is 11.3. The number of fused-ring (bicyclic) bond motifs is 1. The molecule has 0 bridgehead atoms. The summed E-state index contributed by atoms with van der Waals surface area (Å²) in [5.41, 5.74) is 0.670. The van der Waals surface area contributed by atoms with Gasteiger partial charge in [0.1, 0.15) is 18.3 Å². The summed E-state index contributed by atoms with van der Waals surface area (Å²) in [5.74, 6) is 1.38. The lowest BCUT2D eigenvalue weighted by Crippen LogP contribution is -2.35. The van der Waals surface area contributed by atoms with E-state index in [2.05, 4.69) is 35.7 Å². The van der Waals surface area contributed by atoms with E-state index in [1.54, 1.807) is 18.5 Å². The normalized spacial score (nSPS) is 21.0. The maximum absolute atomic E-state index is 13.9. The van der Waals surface area contributed by atoms with Crippen LogP contribution in [0.25, 0.3) is 11.0 Å². The number of nitrogens with zero attached hydrogens (tertiary/aromatic N) is 6. The number of aromatic nitrogens is 6. The number of alkyl halides is 1. The molecule has 1 saturated heterocycles. The monoisotopic (exact) mass is 314 g/mol. The fourth-order valence-corrected chi connectivity index (χ4v) is 2.90. The molecule has 1 aliphatic rings. The minimum atomic E-state index is -0.872. The Morgan fingerprint density at radius 2 is 2.35 bits per heavy atom. The quantitative estimate of drug-likeness (QED) is 0.746. The van der Waals surface area contributed by atoms with Gasteiger partial charge in [0.25, 0.3) is 0 Å². The Morgan fingerprint density at radius 3 is 3.22 bits per heavy atom. The fraction of sp³-hybridized carbons (Fsp3) is 0.357. The summed E-state index contributed by atoms with van der Waals surface area (Å²) >= 11 is 0. The van der Waals surface area contributed by atoms with Gasteiger partial charge in [-0.15, -0.1) is 5.10 Å². The molecular formula is C14H15FN8. The van der Waals surface area contributed by atoms with Crippen LogP contribution in [0.15, 0.2) is 30.9 Å². The SMILES string of the molecule is F[C@H]1C[C@@H](CNc2ncnc3[nH]ncc23)N(c2cccnn2)C1. The van der Waals surface area contributed by atoms with E-state index < -0.39 is 6.17 Å². The lowest BCUT2D eigenvalue weighted by molar-refractivity contribution is 0.357. The number of hydrogen-bond donors (Lipinski definition) is 2. The van der Waals surface area contributed by atoms with Gasteiger partial charge < -0.3 is 10.2 Å². The van der Waals surface area contributed by atoms with Gasteiger partial charge in [-0.05, 0) is 12.1 Å². The number of halogens is 1. The van der Waals surface area contributed by atoms with Crippen molar-refractivity contribution in [3.63, 3.8) is 0 Å². The van der Waals surface area contributed by atoms with Gasteiger partial charge in [-0.25, -0.2) is 14.4 Å². The number of hydrogen-bond acceptors (Lipinski definition) is 7. The Balaban J connectivity index is 1.52. The summed E-state index contributed by atoms with van der Waals surface area (Å²) in [6.07, 6.45) is 4.32. The van der Waals surface area contributed by atoms with Crippen molar-refractivity contribution in [1.82, 2.24) is 30.4 Å². The first-order valence-electron chi connectivity index (χ1n) is 7.37. The molecule has 0 amide bonds. The summed E-state index contributed by atoms with van der Waals surface area (Å²) in [6, 6.07) is 3.63. The Bertz CT molecular complexity index is 792. The van der Waals surface area contributed by atoms with Gasteiger partial charge in [0, 0.05) is 19.2 Å². The van der Waals surface area contributed by atoms with E-state index in [4.69, 9.17) is 0 Å². The molecule has 9 heteroatoms. The van der Waals surface area contributed by atoms with Crippen LogP contribution in [0.2, 0.25) is 0 Å². The molecule has 4 heterocycles. The third-order valence-electron chi connectivity index (χ3n) is 3.97. The highest BCUT2D eigenvalue weighted by atomic mass is 19.1. The van der Waals surface area contributed by atoms with Gasteiger partial charge in [-0.1, -0.05) is 0 Å². The summed E-state index contributed by atoms with van der Waals surface area (Å²) in [6.45, 7) is 0.879. The van der Waals surface area contributed by atoms with Gasteiger partial charge in [-0.2, -0.15) is 10.2 Å². The Kier molecular flexibility index (Phi) is 3.45. The first-order valence-corrected chi connectivity index (χ1v) is 7.37. The lowest BCUT2D eigenvalue weighted by Gasteiger charge is -2.25. The average molecular weight is 314 g/mol. The van der Waals surface area contributed by atoms with E-state index >= 15 is 0 Å². The van der Waals surface area contributed by atoms with Crippen molar-refractivity contribution in [1.29, 1.82) is 0 Å². The van der Waals surface area contributed by atoms with E-state index in [9.17, 15) is 4.39 Å². The van der Waals surface area contributed by atoms with E-state index in [0.717, 1.165) is 5.39 Å². The zero-order chi connectivity index (χ0) is 15.6. The van der Waals surface area contributed by atoms with Crippen LogP contribution in [0.5, 0.6) is 0 Å². The molecule has 0 spiro atoms. The van der Waals surface area contributed by atoms with Crippen molar-refractivity contribution in [3.05, 3.63) is 30.9 Å². The molecule has 0 radical (unpaired) electrons. The van der Waals surface area contributed by atoms with Crippen molar-refractivity contribution in [2.75, 3.05) is 23.3 Å². The van der Waals surface area contributed by atoms with E-state index in [0.29, 0.717) is 36.8 Å². The highest BCUT2D eigenvalue weighted by Crippen LogP contribution is 2.26. The predicted molar refractivity (Wildman–Crippen MR) is 82.9 cm³/mol. The second-order valence-corrected chi connectivity index (χ2v) is 5.46. The van der Waals surface area contributed by atoms with Crippen LogP contribution < -0.4 is 10.2 Å². The molecule has 0 unspecified atom stereocenters. The minimum absolute atomic E-state index is 0.0152. The van der Waals surface area contributed by atoms with Crippen molar-refractivity contribution < 1.29 is 4.39 Å². The molecule has 0 aromatic carbocycles. The molecule has 0 aliphatic carbocycles. The lowest BCUT2D eigenvalue weighted by atomic mass is 10.2. The molecule has 118 valence electrons. The zero-order valence-electron chi connectivity index (χ0n) is 12.2. The molecule has 1 fully saturated rings. The Morgan fingerprint density at radius 1 is 1.39 bits per heavy atom. The third-order valence-corrected chi connectivity index (χ3v) is 3.97. The standard InChI is InChI=1S/C14H15FN8/c15-9-4-10(23(7-9)12-2-1-3-19-21-12)5-16-13-11-6-20-22-14(11)18-8-17-13/h1-3,6,8-10H,4-5,7H2,(H2,16,17,18,20,22)/t9-,10-/m0/s1. The van der Waals surface area contributed by atoms with E-state index in [1.165, 1.54) is 6.33 Å². The Hall–Kier alpha value is -2.84. The van der Waals surface area contributed by atoms with E-state index in [1.807, 2.05) is 11.0 Å². The number of rotatable bonds is 4. The van der Waals surface area contributed by atoms with Crippen molar-refractivity contribution >= 4 is 22.7 Å². The van der Waals surface area contributed by atoms with Crippen LogP contribution in [0.4, 0.5) is 16.0 Å². The summed E-state index contributed by atoms with van der Waals surface area (Å²) in [7, 11) is 0. The van der Waals surface area contributed by atoms with Crippen molar-refractivity contribution in [2.24, 2.45) is 0 Å². The molecule has 4 rings (SSSR count). The average Bonchev–Trinajstić information content (AvgIpc) is 3.20. The van der Waals surface area contributed by atoms with Gasteiger partial charge >= 0.3 is 0 Å². The third kappa shape index (κ3) is 2.65. The van der Waals surface area contributed by atoms with Crippen LogP contribution in [-0.4, -0.2) is 55.7 Å². The van der Waals surface area contributed by atoms with Crippen LogP contribution in [0.1, 0.15) is 6.42 Å². The highest BCUT2D eigenvalue weighted by Gasteiger charge is 2.33. The number of anilines is 2. The van der Waals surface area contributed by atoms with Gasteiger partial charge in [0.05, 0.1) is 24.2 Å². The summed E-state index contributed by atoms with van der Waals surface area (Å²) < 4.78 is 13.9. The molecule has 23 heavy (non-hydrogen) atoms. The molecule has 3 aromatic heterocycles. The van der Waals surface area contributed by atoms with Gasteiger partial charge in [-0.3, -0.25) is 5.10 Å². The highest BCUT2D eigenvalue weighted by molar-refractivity contribution is 5.85. The van der Waals surface area contributed by atoms with Crippen LogP contribution >= 0.6 is 0 Å². The summed E-state index contributed by atoms with van der Waals surface area (Å²) in [5, 5.41) is 18.8. The second-order valence-electron chi connectivity index (χ2n) is 5.46. The molecule has 2 N–H and O–H groups in total. The smallest absolute Gasteiger partial charge is 0.160 e. The fourth-order valence-electron chi connectivity index (χ4n) is 2.90. The zero-order valence-corrected chi connectivity index (χ0v) is 12.2. The molecule has 0 saturated carbocycles. The Labute approximate surface area is 131 Å². The van der Waals surface area contributed by atoms with Crippen LogP contribution in [-0.2, 0) is 0 Å². The molecule has 1 aliphatic heterocycles. The number of nitrogens with one attached hydrogen (secondary N) is 2. The largest absolute Gasteiger partial charge is 0.367 e. The topological polar surface area (TPSA) is 95.5 Å². The first kappa shape index (κ1) is 13.8. The maximum Gasteiger partial charge on any atom is 0.160 e. The molecule has 8 nitrogen and oxygen atoms in total. The van der Waals surface area contributed by atoms with Crippen molar-refractivity contribution in [3.8, 4) is 0 Å². The van der Waals surface area contributed by atoms with Gasteiger partial charge in [0.15, 0.2) is 11.5 Å². The number of H-pyrrole nitrogens is 1. The van der Waals surface area contributed by atoms with Gasteiger partial charge in [0.2, 0.25) is 0 Å². The minimum Gasteiger partial charge on any atom is -0.367 e.